The summed E-state index contributed by atoms with van der Waals surface area (Å²) in [6, 6.07) is 0. The van der Waals surface area contributed by atoms with Gasteiger partial charge in [-0.15, -0.1) is 0 Å². The molecule has 90 valence electrons. The van der Waals surface area contributed by atoms with E-state index in [0.717, 1.165) is 24.7 Å². The standard InChI is InChI=1S/C12H18Br2N2/c1-3-9-11(14)10(16(4-2)15-9)7-12(8-13)5-6-12/h3-8H2,1-2H3. The first kappa shape index (κ1) is 12.6. The van der Waals surface area contributed by atoms with Gasteiger partial charge in [-0.25, -0.2) is 0 Å². The van der Waals surface area contributed by atoms with Crippen LogP contribution in [-0.2, 0) is 19.4 Å². The molecule has 1 aromatic heterocycles. The molecule has 1 fully saturated rings. The molecule has 1 aromatic rings. The lowest BCUT2D eigenvalue weighted by Gasteiger charge is -2.12. The van der Waals surface area contributed by atoms with E-state index in [0.29, 0.717) is 5.41 Å². The first-order valence-corrected chi connectivity index (χ1v) is 7.87. The van der Waals surface area contributed by atoms with E-state index in [1.165, 1.54) is 28.7 Å². The van der Waals surface area contributed by atoms with Gasteiger partial charge < -0.3 is 0 Å². The summed E-state index contributed by atoms with van der Waals surface area (Å²) in [7, 11) is 0. The van der Waals surface area contributed by atoms with Crippen LogP contribution in [-0.4, -0.2) is 15.1 Å². The van der Waals surface area contributed by atoms with Crippen LogP contribution < -0.4 is 0 Å². The van der Waals surface area contributed by atoms with Gasteiger partial charge in [0, 0.05) is 11.9 Å². The minimum absolute atomic E-state index is 0.514. The number of aromatic nitrogens is 2. The lowest BCUT2D eigenvalue weighted by atomic mass is 10.0. The maximum absolute atomic E-state index is 4.65. The highest BCUT2D eigenvalue weighted by Crippen LogP contribution is 2.50. The molecule has 0 unspecified atom stereocenters. The molecule has 1 aliphatic rings. The number of aryl methyl sites for hydroxylation is 2. The van der Waals surface area contributed by atoms with Gasteiger partial charge in [0.05, 0.1) is 15.9 Å². The average Bonchev–Trinajstić information content (AvgIpc) is 3.02. The molecule has 0 amide bonds. The molecule has 1 heterocycles. The molecule has 2 rings (SSSR count). The van der Waals surface area contributed by atoms with E-state index < -0.39 is 0 Å². The summed E-state index contributed by atoms with van der Waals surface area (Å²) in [4.78, 5) is 0. The summed E-state index contributed by atoms with van der Waals surface area (Å²) < 4.78 is 3.40. The first-order valence-electron chi connectivity index (χ1n) is 5.96. The van der Waals surface area contributed by atoms with Crippen molar-refractivity contribution in [1.82, 2.24) is 9.78 Å². The third kappa shape index (κ3) is 2.23. The normalized spacial score (nSPS) is 17.8. The van der Waals surface area contributed by atoms with Crippen LogP contribution in [0.4, 0.5) is 0 Å². The Labute approximate surface area is 114 Å². The van der Waals surface area contributed by atoms with Gasteiger partial charge in [-0.3, -0.25) is 4.68 Å². The fourth-order valence-corrected chi connectivity index (χ4v) is 3.54. The van der Waals surface area contributed by atoms with E-state index in [2.05, 4.69) is 55.5 Å². The van der Waals surface area contributed by atoms with E-state index in [1.807, 2.05) is 0 Å². The molecular formula is C12H18Br2N2. The van der Waals surface area contributed by atoms with Crippen molar-refractivity contribution in [2.45, 2.75) is 46.1 Å². The molecule has 0 aliphatic heterocycles. The van der Waals surface area contributed by atoms with E-state index >= 15 is 0 Å². The van der Waals surface area contributed by atoms with Gasteiger partial charge >= 0.3 is 0 Å². The van der Waals surface area contributed by atoms with Gasteiger partial charge in [0.2, 0.25) is 0 Å². The Hall–Kier alpha value is 0.170. The van der Waals surface area contributed by atoms with Crippen LogP contribution >= 0.6 is 31.9 Å². The van der Waals surface area contributed by atoms with Crippen molar-refractivity contribution in [3.05, 3.63) is 15.9 Å². The van der Waals surface area contributed by atoms with E-state index in [-0.39, 0.29) is 0 Å². The molecule has 0 bridgehead atoms. The Morgan fingerprint density at radius 2 is 2.06 bits per heavy atom. The third-order valence-corrected chi connectivity index (χ3v) is 5.58. The van der Waals surface area contributed by atoms with E-state index in [4.69, 9.17) is 0 Å². The van der Waals surface area contributed by atoms with Crippen LogP contribution in [0.1, 0.15) is 38.1 Å². The zero-order chi connectivity index (χ0) is 11.8. The zero-order valence-electron chi connectivity index (χ0n) is 9.89. The summed E-state index contributed by atoms with van der Waals surface area (Å²) in [6.07, 6.45) is 4.85. The van der Waals surface area contributed by atoms with Crippen LogP contribution in [0.5, 0.6) is 0 Å². The summed E-state index contributed by atoms with van der Waals surface area (Å²) in [6.45, 7) is 5.29. The summed E-state index contributed by atoms with van der Waals surface area (Å²) in [5.41, 5.74) is 3.10. The topological polar surface area (TPSA) is 17.8 Å². The minimum atomic E-state index is 0.514. The quantitative estimate of drug-likeness (QED) is 0.736. The number of hydrogen-bond acceptors (Lipinski definition) is 1. The molecule has 0 radical (unpaired) electrons. The van der Waals surface area contributed by atoms with Crippen molar-refractivity contribution in [3.8, 4) is 0 Å². The SMILES string of the molecule is CCc1nn(CC)c(CC2(CBr)CC2)c1Br. The first-order chi connectivity index (χ1) is 7.65. The van der Waals surface area contributed by atoms with E-state index in [9.17, 15) is 0 Å². The predicted octanol–water partition coefficient (Wildman–Crippen LogP) is 3.95. The van der Waals surface area contributed by atoms with Crippen LogP contribution in [0.15, 0.2) is 4.47 Å². The summed E-state index contributed by atoms with van der Waals surface area (Å²) in [5, 5.41) is 5.76. The summed E-state index contributed by atoms with van der Waals surface area (Å²) >= 11 is 7.35. The van der Waals surface area contributed by atoms with Crippen molar-refractivity contribution < 1.29 is 0 Å². The fourth-order valence-electron chi connectivity index (χ4n) is 2.08. The molecule has 4 heteroatoms. The molecule has 0 atom stereocenters. The van der Waals surface area contributed by atoms with Crippen molar-refractivity contribution in [2.24, 2.45) is 5.41 Å². The molecular weight excluding hydrogens is 332 g/mol. The van der Waals surface area contributed by atoms with Gasteiger partial charge in [-0.05, 0) is 54.0 Å². The second-order valence-corrected chi connectivity index (χ2v) is 6.04. The Kier molecular flexibility index (Phi) is 3.79. The van der Waals surface area contributed by atoms with Crippen molar-refractivity contribution >= 4 is 31.9 Å². The predicted molar refractivity (Wildman–Crippen MR) is 74.1 cm³/mol. The van der Waals surface area contributed by atoms with Gasteiger partial charge in [0.1, 0.15) is 0 Å². The highest BCUT2D eigenvalue weighted by Gasteiger charge is 2.42. The van der Waals surface area contributed by atoms with Gasteiger partial charge in [-0.2, -0.15) is 5.10 Å². The maximum Gasteiger partial charge on any atom is 0.0766 e. The average molecular weight is 350 g/mol. The highest BCUT2D eigenvalue weighted by atomic mass is 79.9. The van der Waals surface area contributed by atoms with Gasteiger partial charge in [0.25, 0.3) is 0 Å². The fraction of sp³-hybridized carbons (Fsp3) is 0.750. The lowest BCUT2D eigenvalue weighted by molar-refractivity contribution is 0.526. The molecule has 0 saturated heterocycles. The Morgan fingerprint density at radius 3 is 2.50 bits per heavy atom. The van der Waals surface area contributed by atoms with Crippen molar-refractivity contribution in [2.75, 3.05) is 5.33 Å². The molecule has 0 aromatic carbocycles. The number of alkyl halides is 1. The van der Waals surface area contributed by atoms with Crippen LogP contribution in [0.2, 0.25) is 0 Å². The molecule has 1 saturated carbocycles. The summed E-state index contributed by atoms with van der Waals surface area (Å²) in [5.74, 6) is 0. The Bertz CT molecular complexity index is 381. The molecule has 0 N–H and O–H groups in total. The Morgan fingerprint density at radius 1 is 1.38 bits per heavy atom. The molecule has 1 aliphatic carbocycles. The zero-order valence-corrected chi connectivity index (χ0v) is 13.1. The minimum Gasteiger partial charge on any atom is -0.268 e. The third-order valence-electron chi connectivity index (χ3n) is 3.48. The number of hydrogen-bond donors (Lipinski definition) is 0. The van der Waals surface area contributed by atoms with E-state index in [1.54, 1.807) is 0 Å². The monoisotopic (exact) mass is 348 g/mol. The number of nitrogens with zero attached hydrogens (tertiary/aromatic N) is 2. The molecule has 2 nitrogen and oxygen atoms in total. The lowest BCUT2D eigenvalue weighted by Crippen LogP contribution is -2.12. The highest BCUT2D eigenvalue weighted by molar-refractivity contribution is 9.10. The van der Waals surface area contributed by atoms with Gasteiger partial charge in [0.15, 0.2) is 0 Å². The van der Waals surface area contributed by atoms with Crippen molar-refractivity contribution in [3.63, 3.8) is 0 Å². The number of halogens is 2. The maximum atomic E-state index is 4.65. The molecule has 16 heavy (non-hydrogen) atoms. The van der Waals surface area contributed by atoms with Crippen LogP contribution in [0.25, 0.3) is 0 Å². The van der Waals surface area contributed by atoms with Crippen LogP contribution in [0.3, 0.4) is 0 Å². The second-order valence-electron chi connectivity index (χ2n) is 4.69. The molecule has 0 spiro atoms. The Balaban J connectivity index is 2.28. The van der Waals surface area contributed by atoms with Gasteiger partial charge in [-0.1, -0.05) is 22.9 Å². The largest absolute Gasteiger partial charge is 0.268 e. The number of rotatable bonds is 5. The van der Waals surface area contributed by atoms with Crippen LogP contribution in [0, 0.1) is 5.41 Å². The second kappa shape index (κ2) is 4.81. The van der Waals surface area contributed by atoms with Crippen molar-refractivity contribution in [1.29, 1.82) is 0 Å². The smallest absolute Gasteiger partial charge is 0.0766 e.